The molecule has 6 heteroatoms. The molecule has 0 aromatic rings. The molecule has 61 heavy (non-hydrogen) atoms. The van der Waals surface area contributed by atoms with Crippen LogP contribution in [0.5, 0.6) is 0 Å². The van der Waals surface area contributed by atoms with Crippen molar-refractivity contribution in [1.29, 1.82) is 0 Å². The molecular weight excluding hydrogens is 755 g/mol. The standard InChI is InChI=1S/C55H95NO5/c1-4-7-10-13-16-19-22-25-27-28-30-33-36-39-42-45-48-55(60)61-51(46-43-40-37-34-31-29-26-23-20-17-14-11-8-5-2)49-54(59)56-52(50-57)53(58)47-44-41-38-35-32-24-21-18-15-12-9-6-3/h7-8,10-11,16-17,19-20,25-27,29,34,37,51-53,57-58H,4-6,9,12-15,18,21-24,28,30-33,35-36,38-50H2,1-3H3,(H,56,59)/b10-7+,11-8+,19-16+,20-17+,27-25+,29-26+,37-34+. The molecule has 0 spiro atoms. The van der Waals surface area contributed by atoms with E-state index in [1.165, 1.54) is 77.0 Å². The van der Waals surface area contributed by atoms with Gasteiger partial charge in [-0.1, -0.05) is 209 Å². The number of ether oxygens (including phenoxy) is 1. The lowest BCUT2D eigenvalue weighted by Crippen LogP contribution is -2.46. The predicted octanol–water partition coefficient (Wildman–Crippen LogP) is 15.2. The summed E-state index contributed by atoms with van der Waals surface area (Å²) in [7, 11) is 0. The van der Waals surface area contributed by atoms with Crippen LogP contribution in [0.3, 0.4) is 0 Å². The van der Waals surface area contributed by atoms with Crippen molar-refractivity contribution in [1.82, 2.24) is 5.32 Å². The van der Waals surface area contributed by atoms with Gasteiger partial charge < -0.3 is 20.3 Å². The van der Waals surface area contributed by atoms with Gasteiger partial charge in [-0.2, -0.15) is 0 Å². The molecule has 0 aliphatic carbocycles. The third-order valence-electron chi connectivity index (χ3n) is 11.0. The van der Waals surface area contributed by atoms with E-state index in [2.05, 4.69) is 111 Å². The Kier molecular flexibility index (Phi) is 45.7. The molecule has 0 rings (SSSR count). The SMILES string of the molecule is CC/C=C/C/C=C/C/C=C/C/C=C/CCCC(CC(=O)NC(CO)C(O)CCCCCCCCCCCCCC)OC(=O)CCCCCCCC/C=C/C/C=C/C/C=C/CC. The van der Waals surface area contributed by atoms with Gasteiger partial charge >= 0.3 is 5.97 Å². The maximum absolute atomic E-state index is 13.2. The highest BCUT2D eigenvalue weighted by atomic mass is 16.5. The molecule has 0 aromatic heterocycles. The third-order valence-corrected chi connectivity index (χ3v) is 11.0. The van der Waals surface area contributed by atoms with Crippen LogP contribution in [0, 0.1) is 0 Å². The fourth-order valence-electron chi connectivity index (χ4n) is 7.21. The lowest BCUT2D eigenvalue weighted by atomic mass is 10.0. The maximum atomic E-state index is 13.2. The Balaban J connectivity index is 4.70. The highest BCUT2D eigenvalue weighted by molar-refractivity contribution is 5.77. The first-order chi connectivity index (χ1) is 30.0. The fourth-order valence-corrected chi connectivity index (χ4v) is 7.21. The van der Waals surface area contributed by atoms with E-state index in [-0.39, 0.29) is 24.9 Å². The van der Waals surface area contributed by atoms with Gasteiger partial charge in [0, 0.05) is 6.42 Å². The fraction of sp³-hybridized carbons (Fsp3) is 0.709. The number of unbranched alkanes of at least 4 members (excludes halogenated alkanes) is 18. The van der Waals surface area contributed by atoms with Crippen molar-refractivity contribution >= 4 is 11.9 Å². The first-order valence-electron chi connectivity index (χ1n) is 25.3. The lowest BCUT2D eigenvalue weighted by molar-refractivity contribution is -0.151. The predicted molar refractivity (Wildman–Crippen MR) is 264 cm³/mol. The van der Waals surface area contributed by atoms with Gasteiger partial charge in [0.2, 0.25) is 5.91 Å². The Morgan fingerprint density at radius 3 is 1.38 bits per heavy atom. The number of carbonyl (C=O) groups is 2. The molecule has 0 saturated heterocycles. The third kappa shape index (κ3) is 43.5. The van der Waals surface area contributed by atoms with Crippen LogP contribution in [-0.4, -0.2) is 46.9 Å². The van der Waals surface area contributed by atoms with E-state index in [0.717, 1.165) is 103 Å². The molecule has 0 radical (unpaired) electrons. The van der Waals surface area contributed by atoms with Crippen molar-refractivity contribution in [3.8, 4) is 0 Å². The van der Waals surface area contributed by atoms with Crippen LogP contribution in [-0.2, 0) is 14.3 Å². The Hall–Kier alpha value is -2.96. The van der Waals surface area contributed by atoms with Gasteiger partial charge in [0.25, 0.3) is 0 Å². The summed E-state index contributed by atoms with van der Waals surface area (Å²) in [6.07, 6.45) is 62.1. The molecule has 1 amide bonds. The molecular formula is C55H95NO5. The van der Waals surface area contributed by atoms with E-state index in [9.17, 15) is 19.8 Å². The van der Waals surface area contributed by atoms with Gasteiger partial charge in [-0.25, -0.2) is 0 Å². The molecule has 0 aromatic carbocycles. The maximum Gasteiger partial charge on any atom is 0.306 e. The summed E-state index contributed by atoms with van der Waals surface area (Å²) in [5.41, 5.74) is 0. The summed E-state index contributed by atoms with van der Waals surface area (Å²) >= 11 is 0. The zero-order valence-electron chi connectivity index (χ0n) is 39.8. The highest BCUT2D eigenvalue weighted by Gasteiger charge is 2.24. The number of amides is 1. The van der Waals surface area contributed by atoms with Crippen molar-refractivity contribution in [2.24, 2.45) is 0 Å². The minimum Gasteiger partial charge on any atom is -0.462 e. The normalized spacial score (nSPS) is 14.0. The van der Waals surface area contributed by atoms with Crippen LogP contribution in [0.15, 0.2) is 85.1 Å². The minimum absolute atomic E-state index is 0.0306. The van der Waals surface area contributed by atoms with Crippen LogP contribution in [0.2, 0.25) is 0 Å². The monoisotopic (exact) mass is 850 g/mol. The molecule has 3 unspecified atom stereocenters. The van der Waals surface area contributed by atoms with Gasteiger partial charge in [-0.3, -0.25) is 9.59 Å². The second kappa shape index (κ2) is 48.1. The number of aliphatic hydroxyl groups is 2. The number of allylic oxidation sites excluding steroid dienone is 14. The molecule has 3 atom stereocenters. The second-order valence-corrected chi connectivity index (χ2v) is 16.8. The van der Waals surface area contributed by atoms with Crippen LogP contribution >= 0.6 is 0 Å². The highest BCUT2D eigenvalue weighted by Crippen LogP contribution is 2.17. The Labute approximate surface area is 376 Å². The van der Waals surface area contributed by atoms with Crippen LogP contribution in [0.4, 0.5) is 0 Å². The van der Waals surface area contributed by atoms with Gasteiger partial charge in [-0.15, -0.1) is 0 Å². The smallest absolute Gasteiger partial charge is 0.306 e. The van der Waals surface area contributed by atoms with E-state index in [1.807, 2.05) is 0 Å². The summed E-state index contributed by atoms with van der Waals surface area (Å²) < 4.78 is 5.90. The Morgan fingerprint density at radius 2 is 0.902 bits per heavy atom. The average Bonchev–Trinajstić information content (AvgIpc) is 3.25. The summed E-state index contributed by atoms with van der Waals surface area (Å²) in [6.45, 7) is 6.23. The number of aliphatic hydroxyl groups excluding tert-OH is 2. The van der Waals surface area contributed by atoms with E-state index < -0.39 is 18.2 Å². The zero-order valence-corrected chi connectivity index (χ0v) is 39.8. The van der Waals surface area contributed by atoms with E-state index in [0.29, 0.717) is 19.3 Å². The summed E-state index contributed by atoms with van der Waals surface area (Å²) in [5, 5.41) is 23.7. The van der Waals surface area contributed by atoms with Crippen molar-refractivity contribution in [2.75, 3.05) is 6.61 Å². The summed E-state index contributed by atoms with van der Waals surface area (Å²) in [4.78, 5) is 26.1. The summed E-state index contributed by atoms with van der Waals surface area (Å²) in [5.74, 6) is -0.548. The number of nitrogens with one attached hydrogen (secondary N) is 1. The topological polar surface area (TPSA) is 95.9 Å². The molecule has 0 fully saturated rings. The minimum atomic E-state index is -0.807. The van der Waals surface area contributed by atoms with Gasteiger partial charge in [0.05, 0.1) is 25.2 Å². The molecule has 0 heterocycles. The second-order valence-electron chi connectivity index (χ2n) is 16.8. The van der Waals surface area contributed by atoms with Crippen LogP contribution < -0.4 is 5.32 Å². The van der Waals surface area contributed by atoms with E-state index in [1.54, 1.807) is 0 Å². The molecule has 0 bridgehead atoms. The molecule has 6 nitrogen and oxygen atoms in total. The van der Waals surface area contributed by atoms with E-state index in [4.69, 9.17) is 4.74 Å². The van der Waals surface area contributed by atoms with Crippen molar-refractivity contribution in [2.45, 2.75) is 244 Å². The summed E-state index contributed by atoms with van der Waals surface area (Å²) in [6, 6.07) is -0.725. The Bertz CT molecular complexity index is 1180. The lowest BCUT2D eigenvalue weighted by Gasteiger charge is -2.24. The van der Waals surface area contributed by atoms with Crippen molar-refractivity contribution < 1.29 is 24.5 Å². The molecule has 350 valence electrons. The number of rotatable bonds is 44. The number of esters is 1. The van der Waals surface area contributed by atoms with Gasteiger partial charge in [0.15, 0.2) is 0 Å². The number of carbonyl (C=O) groups excluding carboxylic acids is 2. The zero-order chi connectivity index (χ0) is 44.5. The Morgan fingerprint density at radius 1 is 0.492 bits per heavy atom. The van der Waals surface area contributed by atoms with Crippen molar-refractivity contribution in [3.05, 3.63) is 85.1 Å². The van der Waals surface area contributed by atoms with Gasteiger partial charge in [-0.05, 0) is 89.9 Å². The first-order valence-corrected chi connectivity index (χ1v) is 25.3. The molecule has 3 N–H and O–H groups in total. The number of hydrogen-bond acceptors (Lipinski definition) is 5. The van der Waals surface area contributed by atoms with Gasteiger partial charge in [0.1, 0.15) is 6.10 Å². The number of hydrogen-bond donors (Lipinski definition) is 3. The molecule has 0 aliphatic heterocycles. The quantitative estimate of drug-likeness (QED) is 0.0322. The first kappa shape index (κ1) is 58.0. The largest absolute Gasteiger partial charge is 0.462 e. The molecule has 0 saturated carbocycles. The average molecular weight is 850 g/mol. The van der Waals surface area contributed by atoms with Crippen LogP contribution in [0.25, 0.3) is 0 Å². The molecule has 0 aliphatic rings. The van der Waals surface area contributed by atoms with Crippen LogP contribution in [0.1, 0.15) is 226 Å². The van der Waals surface area contributed by atoms with Crippen molar-refractivity contribution in [3.63, 3.8) is 0 Å². The van der Waals surface area contributed by atoms with E-state index >= 15 is 0 Å².